The minimum absolute atomic E-state index is 0.0127. The number of para-hydroxylation sites is 1. The maximum absolute atomic E-state index is 12.2. The molecule has 2 aliphatic rings. The molecule has 6 nitrogen and oxygen atoms in total. The summed E-state index contributed by atoms with van der Waals surface area (Å²) in [6.45, 7) is 0.999. The van der Waals surface area contributed by atoms with Crippen LogP contribution in [-0.4, -0.2) is 42.6 Å². The summed E-state index contributed by atoms with van der Waals surface area (Å²) >= 11 is 1.52. The number of thioether (sulfide) groups is 1. The molecule has 24 heavy (non-hydrogen) atoms. The molecule has 7 heteroatoms. The number of rotatable bonds is 4. The SMILES string of the molecule is O=C(CCN1C(=O)CSc2ccccc21)NC1CCCCNC1=O. The predicted octanol–water partition coefficient (Wildman–Crippen LogP) is 1.30. The van der Waals surface area contributed by atoms with Gasteiger partial charge in [-0.3, -0.25) is 14.4 Å². The van der Waals surface area contributed by atoms with E-state index in [-0.39, 0.29) is 24.1 Å². The molecule has 0 aromatic heterocycles. The minimum Gasteiger partial charge on any atom is -0.354 e. The van der Waals surface area contributed by atoms with Gasteiger partial charge < -0.3 is 15.5 Å². The van der Waals surface area contributed by atoms with Crippen LogP contribution in [0.5, 0.6) is 0 Å². The molecule has 2 heterocycles. The lowest BCUT2D eigenvalue weighted by atomic mass is 10.1. The zero-order chi connectivity index (χ0) is 16.9. The van der Waals surface area contributed by atoms with Crippen molar-refractivity contribution in [2.45, 2.75) is 36.6 Å². The monoisotopic (exact) mass is 347 g/mol. The van der Waals surface area contributed by atoms with Gasteiger partial charge in [0, 0.05) is 24.4 Å². The van der Waals surface area contributed by atoms with Crippen molar-refractivity contribution >= 4 is 35.2 Å². The molecule has 3 rings (SSSR count). The Balaban J connectivity index is 1.58. The molecular formula is C17H21N3O3S. The van der Waals surface area contributed by atoms with Gasteiger partial charge in [-0.25, -0.2) is 0 Å². The molecule has 0 aliphatic carbocycles. The average molecular weight is 347 g/mol. The van der Waals surface area contributed by atoms with E-state index in [1.165, 1.54) is 11.8 Å². The highest BCUT2D eigenvalue weighted by molar-refractivity contribution is 8.00. The van der Waals surface area contributed by atoms with E-state index >= 15 is 0 Å². The Morgan fingerprint density at radius 1 is 1.29 bits per heavy atom. The van der Waals surface area contributed by atoms with Crippen molar-refractivity contribution in [2.75, 3.05) is 23.7 Å². The predicted molar refractivity (Wildman–Crippen MR) is 92.9 cm³/mol. The first-order valence-corrected chi connectivity index (χ1v) is 9.23. The van der Waals surface area contributed by atoms with Gasteiger partial charge in [-0.05, 0) is 31.4 Å². The summed E-state index contributed by atoms with van der Waals surface area (Å²) in [5.41, 5.74) is 0.860. The molecule has 1 aromatic carbocycles. The lowest BCUT2D eigenvalue weighted by Crippen LogP contribution is -2.46. The third kappa shape index (κ3) is 3.90. The highest BCUT2D eigenvalue weighted by Crippen LogP contribution is 2.34. The van der Waals surface area contributed by atoms with E-state index in [1.54, 1.807) is 4.90 Å². The van der Waals surface area contributed by atoms with Gasteiger partial charge in [-0.2, -0.15) is 0 Å². The van der Waals surface area contributed by atoms with Crippen LogP contribution in [0.3, 0.4) is 0 Å². The van der Waals surface area contributed by atoms with Gasteiger partial charge in [-0.1, -0.05) is 12.1 Å². The normalized spacial score (nSPS) is 20.8. The molecule has 3 amide bonds. The number of hydrogen-bond donors (Lipinski definition) is 2. The molecule has 0 radical (unpaired) electrons. The van der Waals surface area contributed by atoms with Crippen molar-refractivity contribution in [3.63, 3.8) is 0 Å². The second-order valence-corrected chi connectivity index (χ2v) is 6.98. The van der Waals surface area contributed by atoms with Crippen LogP contribution < -0.4 is 15.5 Å². The van der Waals surface area contributed by atoms with Crippen LogP contribution >= 0.6 is 11.8 Å². The van der Waals surface area contributed by atoms with Gasteiger partial charge in [0.05, 0.1) is 11.4 Å². The number of amides is 3. The van der Waals surface area contributed by atoms with E-state index in [4.69, 9.17) is 0 Å². The topological polar surface area (TPSA) is 78.5 Å². The Hall–Kier alpha value is -2.02. The molecule has 2 N–H and O–H groups in total. The Bertz CT molecular complexity index is 650. The van der Waals surface area contributed by atoms with Crippen molar-refractivity contribution in [1.82, 2.24) is 10.6 Å². The quantitative estimate of drug-likeness (QED) is 0.861. The number of carbonyl (C=O) groups excluding carboxylic acids is 3. The molecule has 0 bridgehead atoms. The third-order valence-corrected chi connectivity index (χ3v) is 5.29. The van der Waals surface area contributed by atoms with Gasteiger partial charge in [0.2, 0.25) is 17.7 Å². The first kappa shape index (κ1) is 16.8. The van der Waals surface area contributed by atoms with E-state index in [2.05, 4.69) is 10.6 Å². The fraction of sp³-hybridized carbons (Fsp3) is 0.471. The van der Waals surface area contributed by atoms with Crippen LogP contribution in [0.2, 0.25) is 0 Å². The van der Waals surface area contributed by atoms with E-state index in [1.807, 2.05) is 24.3 Å². The molecule has 1 aromatic rings. The van der Waals surface area contributed by atoms with Crippen LogP contribution in [0.25, 0.3) is 0 Å². The number of fused-ring (bicyclic) bond motifs is 1. The highest BCUT2D eigenvalue weighted by atomic mass is 32.2. The minimum atomic E-state index is -0.458. The summed E-state index contributed by atoms with van der Waals surface area (Å²) < 4.78 is 0. The number of anilines is 1. The fourth-order valence-electron chi connectivity index (χ4n) is 2.96. The smallest absolute Gasteiger partial charge is 0.242 e. The number of nitrogens with one attached hydrogen (secondary N) is 2. The van der Waals surface area contributed by atoms with Crippen molar-refractivity contribution < 1.29 is 14.4 Å². The fourth-order valence-corrected chi connectivity index (χ4v) is 3.89. The summed E-state index contributed by atoms with van der Waals surface area (Å²) in [5.74, 6) is 0.0971. The van der Waals surface area contributed by atoms with Crippen LogP contribution in [0.15, 0.2) is 29.2 Å². The van der Waals surface area contributed by atoms with E-state index in [0.717, 1.165) is 23.4 Å². The van der Waals surface area contributed by atoms with E-state index in [0.29, 0.717) is 25.3 Å². The lowest BCUT2D eigenvalue weighted by molar-refractivity contribution is -0.128. The number of carbonyl (C=O) groups is 3. The van der Waals surface area contributed by atoms with Gasteiger partial charge in [-0.15, -0.1) is 11.8 Å². The summed E-state index contributed by atoms with van der Waals surface area (Å²) in [6, 6.07) is 7.25. The van der Waals surface area contributed by atoms with Crippen molar-refractivity contribution in [1.29, 1.82) is 0 Å². The van der Waals surface area contributed by atoms with Crippen LogP contribution in [0, 0.1) is 0 Å². The van der Waals surface area contributed by atoms with Crippen LogP contribution in [0.4, 0.5) is 5.69 Å². The Morgan fingerprint density at radius 3 is 3.00 bits per heavy atom. The van der Waals surface area contributed by atoms with Crippen molar-refractivity contribution in [3.05, 3.63) is 24.3 Å². The molecular weight excluding hydrogens is 326 g/mol. The maximum Gasteiger partial charge on any atom is 0.242 e. The molecule has 128 valence electrons. The second-order valence-electron chi connectivity index (χ2n) is 5.96. The largest absolute Gasteiger partial charge is 0.354 e. The first-order valence-electron chi connectivity index (χ1n) is 8.24. The Morgan fingerprint density at radius 2 is 2.12 bits per heavy atom. The highest BCUT2D eigenvalue weighted by Gasteiger charge is 2.26. The molecule has 0 saturated carbocycles. The number of benzene rings is 1. The summed E-state index contributed by atoms with van der Waals surface area (Å²) in [5, 5.41) is 5.60. The van der Waals surface area contributed by atoms with Gasteiger partial charge in [0.15, 0.2) is 0 Å². The molecule has 0 spiro atoms. The van der Waals surface area contributed by atoms with Gasteiger partial charge in [0.25, 0.3) is 0 Å². The molecule has 1 saturated heterocycles. The lowest BCUT2D eigenvalue weighted by Gasteiger charge is -2.28. The zero-order valence-corrected chi connectivity index (χ0v) is 14.2. The summed E-state index contributed by atoms with van der Waals surface area (Å²) in [7, 11) is 0. The molecule has 2 aliphatic heterocycles. The van der Waals surface area contributed by atoms with Crippen LogP contribution in [0.1, 0.15) is 25.7 Å². The Kier molecular flexibility index (Phi) is 5.40. The summed E-state index contributed by atoms with van der Waals surface area (Å²) in [4.78, 5) is 39.0. The van der Waals surface area contributed by atoms with Crippen molar-refractivity contribution in [3.8, 4) is 0 Å². The first-order chi connectivity index (χ1) is 11.6. The number of nitrogens with zero attached hydrogens (tertiary/aromatic N) is 1. The molecule has 1 unspecified atom stereocenters. The summed E-state index contributed by atoms with van der Waals surface area (Å²) in [6.07, 6.45) is 2.71. The second kappa shape index (κ2) is 7.70. The molecule has 1 atom stereocenters. The van der Waals surface area contributed by atoms with Crippen molar-refractivity contribution in [2.24, 2.45) is 0 Å². The average Bonchev–Trinajstić information content (AvgIpc) is 2.79. The van der Waals surface area contributed by atoms with E-state index in [9.17, 15) is 14.4 Å². The van der Waals surface area contributed by atoms with Crippen LogP contribution in [-0.2, 0) is 14.4 Å². The molecule has 1 fully saturated rings. The van der Waals surface area contributed by atoms with Gasteiger partial charge in [0.1, 0.15) is 6.04 Å². The standard InChI is InChI=1S/C17H21N3O3S/c21-15(19-12-5-3-4-9-18-17(12)23)8-10-20-13-6-1-2-7-14(13)24-11-16(20)22/h1-2,6-7,12H,3-5,8-11H2,(H,18,23)(H,19,21). The number of hydrogen-bond acceptors (Lipinski definition) is 4. The Labute approximate surface area is 145 Å². The zero-order valence-electron chi connectivity index (χ0n) is 13.4. The maximum atomic E-state index is 12.2. The van der Waals surface area contributed by atoms with Gasteiger partial charge >= 0.3 is 0 Å². The van der Waals surface area contributed by atoms with E-state index < -0.39 is 6.04 Å². The third-order valence-electron chi connectivity index (χ3n) is 4.24.